The number of non-ortho nitro benzene ring substituents is 1. The second-order valence-electron chi connectivity index (χ2n) is 6.96. The Morgan fingerprint density at radius 2 is 1.93 bits per heavy atom. The molecule has 2 aromatic carbocycles. The molecule has 2 N–H and O–H groups in total. The standard InChI is InChI=1S/C21H24N4O5/c1-29-17-4-5-18(20(12-17)30-2)23-13-15-11-16(25(27)28)3-6-19(15)24-9-7-14(8-10-24)21(22)26/h3-6,11-14H,7-10H2,1-2H3,(H2,22,26). The first-order valence-corrected chi connectivity index (χ1v) is 9.51. The first-order valence-electron chi connectivity index (χ1n) is 9.51. The van der Waals surface area contributed by atoms with Crippen molar-refractivity contribution in [3.8, 4) is 11.5 Å². The van der Waals surface area contributed by atoms with Crippen LogP contribution in [0, 0.1) is 16.0 Å². The number of hydrogen-bond acceptors (Lipinski definition) is 7. The van der Waals surface area contributed by atoms with Gasteiger partial charge in [0.25, 0.3) is 5.69 Å². The molecule has 1 aliphatic heterocycles. The highest BCUT2D eigenvalue weighted by atomic mass is 16.6. The lowest BCUT2D eigenvalue weighted by Crippen LogP contribution is -2.38. The number of hydrogen-bond donors (Lipinski definition) is 1. The van der Waals surface area contributed by atoms with Gasteiger partial charge < -0.3 is 20.1 Å². The zero-order chi connectivity index (χ0) is 21.7. The number of ether oxygens (including phenoxy) is 2. The second kappa shape index (κ2) is 9.25. The van der Waals surface area contributed by atoms with Crippen molar-refractivity contribution in [3.05, 3.63) is 52.1 Å². The van der Waals surface area contributed by atoms with Crippen molar-refractivity contribution in [3.63, 3.8) is 0 Å². The van der Waals surface area contributed by atoms with Crippen LogP contribution in [0.2, 0.25) is 0 Å². The Morgan fingerprint density at radius 1 is 1.20 bits per heavy atom. The van der Waals surface area contributed by atoms with Crippen LogP contribution in [0.5, 0.6) is 11.5 Å². The summed E-state index contributed by atoms with van der Waals surface area (Å²) >= 11 is 0. The lowest BCUT2D eigenvalue weighted by atomic mass is 9.95. The molecule has 158 valence electrons. The van der Waals surface area contributed by atoms with Crippen LogP contribution in [0.15, 0.2) is 41.4 Å². The Hall–Kier alpha value is -3.62. The number of primary amides is 1. The van der Waals surface area contributed by atoms with Crippen LogP contribution >= 0.6 is 0 Å². The highest BCUT2D eigenvalue weighted by molar-refractivity contribution is 5.91. The van der Waals surface area contributed by atoms with E-state index in [0.29, 0.717) is 48.7 Å². The largest absolute Gasteiger partial charge is 0.497 e. The number of carbonyl (C=O) groups is 1. The quantitative estimate of drug-likeness (QED) is 0.424. The maximum absolute atomic E-state index is 11.4. The van der Waals surface area contributed by atoms with Gasteiger partial charge in [-0.25, -0.2) is 0 Å². The Labute approximate surface area is 174 Å². The molecule has 0 aromatic heterocycles. The lowest BCUT2D eigenvalue weighted by Gasteiger charge is -2.33. The number of rotatable bonds is 7. The first-order chi connectivity index (χ1) is 14.4. The fourth-order valence-electron chi connectivity index (χ4n) is 3.48. The molecule has 0 spiro atoms. The smallest absolute Gasteiger partial charge is 0.270 e. The summed E-state index contributed by atoms with van der Waals surface area (Å²) in [6.07, 6.45) is 2.89. The molecule has 1 aliphatic rings. The normalized spacial score (nSPS) is 14.7. The van der Waals surface area contributed by atoms with Gasteiger partial charge in [-0.2, -0.15) is 0 Å². The number of nitro groups is 1. The van der Waals surface area contributed by atoms with Gasteiger partial charge in [-0.05, 0) is 31.0 Å². The lowest BCUT2D eigenvalue weighted by molar-refractivity contribution is -0.384. The summed E-state index contributed by atoms with van der Waals surface area (Å²) in [6.45, 7) is 1.27. The van der Waals surface area contributed by atoms with Crippen molar-refractivity contribution >= 4 is 29.2 Å². The molecule has 0 unspecified atom stereocenters. The molecule has 1 heterocycles. The Kier molecular flexibility index (Phi) is 6.51. The molecule has 0 radical (unpaired) electrons. The Balaban J connectivity index is 1.93. The molecule has 9 nitrogen and oxygen atoms in total. The maximum atomic E-state index is 11.4. The molecular weight excluding hydrogens is 388 g/mol. The van der Waals surface area contributed by atoms with E-state index in [4.69, 9.17) is 15.2 Å². The number of carbonyl (C=O) groups excluding carboxylic acids is 1. The minimum atomic E-state index is -0.436. The molecule has 0 atom stereocenters. The van der Waals surface area contributed by atoms with Gasteiger partial charge in [-0.15, -0.1) is 0 Å². The van der Waals surface area contributed by atoms with E-state index in [-0.39, 0.29) is 17.5 Å². The predicted molar refractivity (Wildman–Crippen MR) is 114 cm³/mol. The molecule has 1 fully saturated rings. The number of methoxy groups -OCH3 is 2. The number of piperidine rings is 1. The number of nitrogens with zero attached hydrogens (tertiary/aromatic N) is 3. The number of amides is 1. The average Bonchev–Trinajstić information content (AvgIpc) is 2.77. The number of aliphatic imine (C=N–C) groups is 1. The molecule has 0 saturated carbocycles. The van der Waals surface area contributed by atoms with Crippen LogP contribution in [0.25, 0.3) is 0 Å². The summed E-state index contributed by atoms with van der Waals surface area (Å²) < 4.78 is 10.6. The van der Waals surface area contributed by atoms with Gasteiger partial charge in [-0.1, -0.05) is 0 Å². The van der Waals surface area contributed by atoms with E-state index in [2.05, 4.69) is 9.89 Å². The molecule has 0 bridgehead atoms. The van der Waals surface area contributed by atoms with Crippen LogP contribution in [0.1, 0.15) is 18.4 Å². The highest BCUT2D eigenvalue weighted by Crippen LogP contribution is 2.33. The number of benzene rings is 2. The van der Waals surface area contributed by atoms with E-state index in [0.717, 1.165) is 5.69 Å². The summed E-state index contributed by atoms with van der Waals surface area (Å²) in [4.78, 5) is 28.9. The van der Waals surface area contributed by atoms with E-state index >= 15 is 0 Å². The summed E-state index contributed by atoms with van der Waals surface area (Å²) in [5.74, 6) is 0.741. The molecule has 1 amide bonds. The number of nitrogens with two attached hydrogens (primary N) is 1. The zero-order valence-corrected chi connectivity index (χ0v) is 16.9. The van der Waals surface area contributed by atoms with Crippen molar-refractivity contribution in [2.45, 2.75) is 12.8 Å². The van der Waals surface area contributed by atoms with Gasteiger partial charge in [0.2, 0.25) is 5.91 Å². The van der Waals surface area contributed by atoms with E-state index in [1.807, 2.05) is 0 Å². The van der Waals surface area contributed by atoms with Gasteiger partial charge in [0.05, 0.1) is 19.1 Å². The molecule has 30 heavy (non-hydrogen) atoms. The van der Waals surface area contributed by atoms with Gasteiger partial charge in [0.1, 0.15) is 17.2 Å². The zero-order valence-electron chi connectivity index (χ0n) is 16.9. The molecule has 0 aliphatic carbocycles. The maximum Gasteiger partial charge on any atom is 0.270 e. The summed E-state index contributed by atoms with van der Waals surface area (Å²) in [7, 11) is 3.10. The van der Waals surface area contributed by atoms with Crippen molar-refractivity contribution in [1.29, 1.82) is 0 Å². The molecule has 1 saturated heterocycles. The molecule has 2 aromatic rings. The summed E-state index contributed by atoms with van der Waals surface area (Å²) in [5, 5.41) is 11.3. The van der Waals surface area contributed by atoms with Crippen molar-refractivity contribution in [1.82, 2.24) is 0 Å². The van der Waals surface area contributed by atoms with Gasteiger partial charge in [0, 0.05) is 54.7 Å². The molecule has 3 rings (SSSR count). The van der Waals surface area contributed by atoms with Crippen LogP contribution in [0.3, 0.4) is 0 Å². The van der Waals surface area contributed by atoms with E-state index in [1.54, 1.807) is 37.6 Å². The Bertz CT molecular complexity index is 968. The second-order valence-corrected chi connectivity index (χ2v) is 6.96. The minimum absolute atomic E-state index is 0.0195. The SMILES string of the molecule is COc1ccc(N=Cc2cc([N+](=O)[O-])ccc2N2CCC(C(N)=O)CC2)c(OC)c1. The van der Waals surface area contributed by atoms with Crippen LogP contribution < -0.4 is 20.1 Å². The average molecular weight is 412 g/mol. The fourth-order valence-corrected chi connectivity index (χ4v) is 3.48. The minimum Gasteiger partial charge on any atom is -0.497 e. The predicted octanol–water partition coefficient (Wildman–Crippen LogP) is 3.06. The van der Waals surface area contributed by atoms with E-state index in [9.17, 15) is 14.9 Å². The third-order valence-corrected chi connectivity index (χ3v) is 5.19. The third-order valence-electron chi connectivity index (χ3n) is 5.19. The highest BCUT2D eigenvalue weighted by Gasteiger charge is 2.25. The van der Waals surface area contributed by atoms with Crippen LogP contribution in [0.4, 0.5) is 17.1 Å². The van der Waals surface area contributed by atoms with Gasteiger partial charge in [-0.3, -0.25) is 19.9 Å². The Morgan fingerprint density at radius 3 is 2.53 bits per heavy atom. The third kappa shape index (κ3) is 4.68. The van der Waals surface area contributed by atoms with Crippen LogP contribution in [-0.4, -0.2) is 44.4 Å². The van der Waals surface area contributed by atoms with Crippen molar-refractivity contribution in [2.75, 3.05) is 32.2 Å². The number of anilines is 1. The van der Waals surface area contributed by atoms with E-state index < -0.39 is 4.92 Å². The van der Waals surface area contributed by atoms with Crippen molar-refractivity contribution in [2.24, 2.45) is 16.6 Å². The van der Waals surface area contributed by atoms with E-state index in [1.165, 1.54) is 19.2 Å². The molecular formula is C21H24N4O5. The summed E-state index contributed by atoms with van der Waals surface area (Å²) in [6, 6.07) is 9.92. The topological polar surface area (TPSA) is 120 Å². The first kappa shape index (κ1) is 21.1. The van der Waals surface area contributed by atoms with Crippen molar-refractivity contribution < 1.29 is 19.2 Å². The monoisotopic (exact) mass is 412 g/mol. The van der Waals surface area contributed by atoms with Crippen LogP contribution in [-0.2, 0) is 4.79 Å². The number of nitro benzene ring substituents is 1. The fraction of sp³-hybridized carbons (Fsp3) is 0.333. The van der Waals surface area contributed by atoms with Gasteiger partial charge >= 0.3 is 0 Å². The summed E-state index contributed by atoms with van der Waals surface area (Å²) in [5.41, 5.74) is 7.40. The van der Waals surface area contributed by atoms with Gasteiger partial charge in [0.15, 0.2) is 0 Å². The molecule has 9 heteroatoms.